The third-order valence-electron chi connectivity index (χ3n) is 11.5. The Morgan fingerprint density at radius 3 is 1.71 bits per heavy atom. The van der Waals surface area contributed by atoms with Crippen LogP contribution in [0.25, 0.3) is 0 Å². The number of allylic oxidation sites excluding steroid dienone is 1. The summed E-state index contributed by atoms with van der Waals surface area (Å²) in [5, 5.41) is 36.1. The van der Waals surface area contributed by atoms with Crippen molar-refractivity contribution in [1.29, 1.82) is 0 Å². The van der Waals surface area contributed by atoms with Gasteiger partial charge in [0.2, 0.25) is 5.91 Å². The second-order valence-corrected chi connectivity index (χ2v) is 16.6. The molecule has 9 heteroatoms. The highest BCUT2D eigenvalue weighted by Gasteiger charge is 2.49. The molecular weight excluding hydrogens is 695 g/mol. The number of fused-ring (bicyclic) bond motifs is 1. The summed E-state index contributed by atoms with van der Waals surface area (Å²) in [4.78, 5) is 12.8. The maximum Gasteiger partial charge on any atom is 0.220 e. The molecular formula is C46H87NO8. The number of carbonyl (C=O) groups is 1. The van der Waals surface area contributed by atoms with Gasteiger partial charge in [-0.05, 0) is 32.1 Å². The first-order valence-corrected chi connectivity index (χ1v) is 23.5. The highest BCUT2D eigenvalue weighted by Crippen LogP contribution is 2.30. The van der Waals surface area contributed by atoms with Crippen LogP contribution in [0.15, 0.2) is 12.2 Å². The van der Waals surface area contributed by atoms with Crippen molar-refractivity contribution in [3.63, 3.8) is 0 Å². The Morgan fingerprint density at radius 2 is 1.16 bits per heavy atom. The summed E-state index contributed by atoms with van der Waals surface area (Å²) in [5.41, 5.74) is 0. The van der Waals surface area contributed by atoms with Crippen molar-refractivity contribution in [1.82, 2.24) is 5.32 Å². The van der Waals surface area contributed by atoms with E-state index in [-0.39, 0.29) is 19.1 Å². The molecule has 2 aliphatic heterocycles. The normalized spacial score (nSPS) is 23.9. The molecule has 0 aromatic carbocycles. The van der Waals surface area contributed by atoms with Crippen molar-refractivity contribution >= 4 is 5.91 Å². The molecule has 2 saturated heterocycles. The fraction of sp³-hybridized carbons (Fsp3) is 0.935. The lowest BCUT2D eigenvalue weighted by atomic mass is 9.98. The summed E-state index contributed by atoms with van der Waals surface area (Å²) in [5.74, 6) is -0.145. The van der Waals surface area contributed by atoms with Gasteiger partial charge in [0.1, 0.15) is 24.4 Å². The van der Waals surface area contributed by atoms with Crippen molar-refractivity contribution in [2.24, 2.45) is 0 Å². The van der Waals surface area contributed by atoms with E-state index in [2.05, 4.69) is 26.1 Å². The average molecular weight is 782 g/mol. The molecule has 324 valence electrons. The van der Waals surface area contributed by atoms with Crippen LogP contribution in [0.4, 0.5) is 0 Å². The molecule has 2 fully saturated rings. The summed E-state index contributed by atoms with van der Waals surface area (Å²) in [6.07, 6.45) is 33.0. The Hall–Kier alpha value is -1.07. The minimum absolute atomic E-state index is 0.0846. The molecule has 0 spiro atoms. The van der Waals surface area contributed by atoms with E-state index in [1.54, 1.807) is 6.08 Å². The standard InChI is InChI=1S/C46H87NO8/c1-4-7-10-12-14-16-18-20-22-24-26-28-31-33-39(48)38(47-41(49)34-30-9-6-3)36-53-46-44(51)43(50)45-40(54-46)37-52-42(55-45)35-32-29-27-25-23-21-19-17-15-13-11-8-5-2/h31,33,38-40,42-46,48,50-51H,4-30,32,34-37H2,1-3H3,(H,47,49)/b33-31+/t38-,39+,40+,42-,43+,44+,45-,46+/m0/s1. The number of unbranched alkanes of at least 4 members (excludes halogenated alkanes) is 25. The second-order valence-electron chi connectivity index (χ2n) is 16.6. The number of nitrogens with one attached hydrogen (secondary N) is 1. The van der Waals surface area contributed by atoms with Crippen LogP contribution in [0.1, 0.15) is 213 Å². The first-order valence-electron chi connectivity index (χ1n) is 23.5. The van der Waals surface area contributed by atoms with Crippen LogP contribution < -0.4 is 5.32 Å². The smallest absolute Gasteiger partial charge is 0.220 e. The molecule has 2 aliphatic rings. The van der Waals surface area contributed by atoms with Crippen LogP contribution in [0.3, 0.4) is 0 Å². The van der Waals surface area contributed by atoms with Gasteiger partial charge >= 0.3 is 0 Å². The molecule has 0 radical (unpaired) electrons. The number of rotatable bonds is 36. The van der Waals surface area contributed by atoms with E-state index in [1.807, 2.05) is 6.08 Å². The minimum Gasteiger partial charge on any atom is -0.387 e. The first kappa shape index (κ1) is 50.1. The Balaban J connectivity index is 1.70. The van der Waals surface area contributed by atoms with E-state index in [0.29, 0.717) is 6.42 Å². The summed E-state index contributed by atoms with van der Waals surface area (Å²) in [6.45, 7) is 6.77. The maximum atomic E-state index is 12.8. The monoisotopic (exact) mass is 782 g/mol. The number of carbonyl (C=O) groups excluding carboxylic acids is 1. The summed E-state index contributed by atoms with van der Waals surface area (Å²) < 4.78 is 24.1. The quantitative estimate of drug-likeness (QED) is 0.0366. The van der Waals surface area contributed by atoms with Crippen molar-refractivity contribution in [2.45, 2.75) is 263 Å². The van der Waals surface area contributed by atoms with Crippen LogP contribution >= 0.6 is 0 Å². The number of amides is 1. The van der Waals surface area contributed by atoms with Gasteiger partial charge in [-0.3, -0.25) is 4.79 Å². The van der Waals surface area contributed by atoms with Crippen molar-refractivity contribution < 1.29 is 39.1 Å². The van der Waals surface area contributed by atoms with E-state index < -0.39 is 49.1 Å². The molecule has 0 unspecified atom stereocenters. The number of aliphatic hydroxyl groups is 3. The van der Waals surface area contributed by atoms with Crippen molar-refractivity contribution in [3.05, 3.63) is 12.2 Å². The fourth-order valence-corrected chi connectivity index (χ4v) is 7.78. The highest BCUT2D eigenvalue weighted by molar-refractivity contribution is 5.76. The van der Waals surface area contributed by atoms with E-state index in [0.717, 1.165) is 51.4 Å². The molecule has 1 amide bonds. The maximum absolute atomic E-state index is 12.8. The molecule has 0 saturated carbocycles. The van der Waals surface area contributed by atoms with Gasteiger partial charge in [-0.1, -0.05) is 187 Å². The lowest BCUT2D eigenvalue weighted by Crippen LogP contribution is -2.63. The zero-order valence-electron chi connectivity index (χ0n) is 35.8. The molecule has 0 aliphatic carbocycles. The molecule has 0 aromatic rings. The summed E-state index contributed by atoms with van der Waals surface area (Å²) in [6, 6.07) is -0.725. The molecule has 0 bridgehead atoms. The molecule has 2 heterocycles. The van der Waals surface area contributed by atoms with Gasteiger partial charge in [0.25, 0.3) is 0 Å². The number of hydrogen-bond donors (Lipinski definition) is 4. The van der Waals surface area contributed by atoms with E-state index in [1.165, 1.54) is 135 Å². The van der Waals surface area contributed by atoms with E-state index in [9.17, 15) is 20.1 Å². The highest BCUT2D eigenvalue weighted by atomic mass is 16.8. The first-order chi connectivity index (χ1) is 26.9. The molecule has 2 rings (SSSR count). The van der Waals surface area contributed by atoms with Crippen molar-refractivity contribution in [2.75, 3.05) is 13.2 Å². The van der Waals surface area contributed by atoms with Crippen LogP contribution in [0, 0.1) is 0 Å². The molecule has 55 heavy (non-hydrogen) atoms. The van der Waals surface area contributed by atoms with Crippen LogP contribution in [0.2, 0.25) is 0 Å². The predicted molar refractivity (Wildman–Crippen MR) is 224 cm³/mol. The third-order valence-corrected chi connectivity index (χ3v) is 11.5. The Kier molecular flexibility index (Phi) is 30.8. The lowest BCUT2D eigenvalue weighted by Gasteiger charge is -2.46. The van der Waals surface area contributed by atoms with E-state index >= 15 is 0 Å². The van der Waals surface area contributed by atoms with E-state index in [4.69, 9.17) is 18.9 Å². The average Bonchev–Trinajstić information content (AvgIpc) is 3.18. The SMILES string of the molecule is CCCCCCCCCCCCC/C=C/[C@@H](O)[C@H](CO[C@@H]1O[C@@H]2CO[C@H](CCCCCCCCCCCCCCC)O[C@@H]2[C@H](O)[C@H]1O)NC(=O)CCCCC. The van der Waals surface area contributed by atoms with Crippen molar-refractivity contribution in [3.8, 4) is 0 Å². The zero-order chi connectivity index (χ0) is 39.8. The minimum atomic E-state index is -1.34. The molecule has 9 nitrogen and oxygen atoms in total. The third kappa shape index (κ3) is 23.8. The van der Waals surface area contributed by atoms with Gasteiger partial charge < -0.3 is 39.6 Å². The van der Waals surface area contributed by atoms with Gasteiger partial charge in [-0.25, -0.2) is 0 Å². The van der Waals surface area contributed by atoms with Gasteiger partial charge in [0.15, 0.2) is 12.6 Å². The second kappa shape index (κ2) is 33.9. The van der Waals surface area contributed by atoms with Gasteiger partial charge in [-0.15, -0.1) is 0 Å². The predicted octanol–water partition coefficient (Wildman–Crippen LogP) is 10.4. The van der Waals surface area contributed by atoms with Gasteiger partial charge in [0.05, 0.1) is 25.4 Å². The zero-order valence-corrected chi connectivity index (χ0v) is 35.8. The lowest BCUT2D eigenvalue weighted by molar-refractivity contribution is -0.360. The topological polar surface area (TPSA) is 127 Å². The summed E-state index contributed by atoms with van der Waals surface area (Å²) >= 11 is 0. The van der Waals surface area contributed by atoms with Gasteiger partial charge in [-0.2, -0.15) is 0 Å². The van der Waals surface area contributed by atoms with Crippen LogP contribution in [-0.2, 0) is 23.7 Å². The Labute approximate surface area is 337 Å². The number of hydrogen-bond acceptors (Lipinski definition) is 8. The Bertz CT molecular complexity index is 918. The van der Waals surface area contributed by atoms with Crippen LogP contribution in [0.5, 0.6) is 0 Å². The summed E-state index contributed by atoms with van der Waals surface area (Å²) in [7, 11) is 0. The largest absolute Gasteiger partial charge is 0.387 e. The number of ether oxygens (including phenoxy) is 4. The fourth-order valence-electron chi connectivity index (χ4n) is 7.78. The molecule has 4 N–H and O–H groups in total. The number of aliphatic hydroxyl groups excluding tert-OH is 3. The van der Waals surface area contributed by atoms with Gasteiger partial charge in [0, 0.05) is 6.42 Å². The Morgan fingerprint density at radius 1 is 0.673 bits per heavy atom. The van der Waals surface area contributed by atoms with Crippen LogP contribution in [-0.4, -0.2) is 83.6 Å². The molecule has 8 atom stereocenters. The molecule has 0 aromatic heterocycles.